The molecule has 1 heterocycles. The second kappa shape index (κ2) is 6.40. The Balaban J connectivity index is 1.85. The summed E-state index contributed by atoms with van der Waals surface area (Å²) in [5.74, 6) is 0.0190. The average Bonchev–Trinajstić information content (AvgIpc) is 2.50. The van der Waals surface area contributed by atoms with E-state index >= 15 is 0 Å². The van der Waals surface area contributed by atoms with E-state index in [2.05, 4.69) is 11.4 Å². The van der Waals surface area contributed by atoms with Gasteiger partial charge in [0.05, 0.1) is 6.07 Å². The van der Waals surface area contributed by atoms with E-state index in [0.29, 0.717) is 39.0 Å². The standard InChI is InChI=1S/C15H18N2O3/c16-11-15(6-9-20-10-7-15)14(19)17-8-5-12-1-3-13(18)4-2-12/h1-4,18H,5-10H2,(H,17,19). The maximum Gasteiger partial charge on any atom is 0.240 e. The van der Waals surface area contributed by atoms with E-state index in [1.165, 1.54) is 0 Å². The number of phenols is 1. The SMILES string of the molecule is N#CC1(C(=O)NCCc2ccc(O)cc2)CCOCC1. The van der Waals surface area contributed by atoms with Crippen LogP contribution in [0.25, 0.3) is 0 Å². The molecule has 5 heteroatoms. The van der Waals surface area contributed by atoms with Crippen LogP contribution >= 0.6 is 0 Å². The van der Waals surface area contributed by atoms with Crippen molar-refractivity contribution >= 4 is 5.91 Å². The maximum atomic E-state index is 12.2. The van der Waals surface area contributed by atoms with E-state index in [1.54, 1.807) is 12.1 Å². The topological polar surface area (TPSA) is 82.4 Å². The van der Waals surface area contributed by atoms with Gasteiger partial charge in [-0.25, -0.2) is 0 Å². The summed E-state index contributed by atoms with van der Waals surface area (Å²) < 4.78 is 5.21. The average molecular weight is 274 g/mol. The van der Waals surface area contributed by atoms with Gasteiger partial charge in [-0.2, -0.15) is 5.26 Å². The lowest BCUT2D eigenvalue weighted by atomic mass is 9.81. The van der Waals surface area contributed by atoms with Crippen molar-refractivity contribution in [3.05, 3.63) is 29.8 Å². The second-order valence-electron chi connectivity index (χ2n) is 4.98. The second-order valence-corrected chi connectivity index (χ2v) is 4.98. The molecule has 1 amide bonds. The van der Waals surface area contributed by atoms with Crippen LogP contribution in [0.3, 0.4) is 0 Å². The molecule has 2 N–H and O–H groups in total. The van der Waals surface area contributed by atoms with Gasteiger partial charge in [0, 0.05) is 19.8 Å². The minimum absolute atomic E-state index is 0.206. The number of nitriles is 1. The van der Waals surface area contributed by atoms with Crippen LogP contribution in [0.2, 0.25) is 0 Å². The van der Waals surface area contributed by atoms with Gasteiger partial charge in [-0.3, -0.25) is 4.79 Å². The van der Waals surface area contributed by atoms with Crippen LogP contribution in [0.4, 0.5) is 0 Å². The lowest BCUT2D eigenvalue weighted by Crippen LogP contribution is -2.44. The predicted octanol–water partition coefficient (Wildman–Crippen LogP) is 1.37. The highest BCUT2D eigenvalue weighted by Gasteiger charge is 2.40. The van der Waals surface area contributed by atoms with Crippen LogP contribution in [0.5, 0.6) is 5.75 Å². The number of benzene rings is 1. The molecule has 0 bridgehead atoms. The van der Waals surface area contributed by atoms with Crippen LogP contribution in [0, 0.1) is 16.7 Å². The molecule has 1 saturated heterocycles. The molecule has 106 valence electrons. The summed E-state index contributed by atoms with van der Waals surface area (Å²) in [5, 5.41) is 21.3. The Hall–Kier alpha value is -2.06. The molecule has 1 aromatic rings. The summed E-state index contributed by atoms with van der Waals surface area (Å²) >= 11 is 0. The number of amides is 1. The molecule has 0 saturated carbocycles. The van der Waals surface area contributed by atoms with Crippen molar-refractivity contribution in [2.75, 3.05) is 19.8 Å². The fraction of sp³-hybridized carbons (Fsp3) is 0.467. The Labute approximate surface area is 118 Å². The Morgan fingerprint density at radius 2 is 2.00 bits per heavy atom. The molecule has 1 aliphatic rings. The van der Waals surface area contributed by atoms with Crippen molar-refractivity contribution in [2.24, 2.45) is 5.41 Å². The van der Waals surface area contributed by atoms with E-state index in [9.17, 15) is 15.2 Å². The van der Waals surface area contributed by atoms with E-state index < -0.39 is 5.41 Å². The van der Waals surface area contributed by atoms with E-state index in [4.69, 9.17) is 4.74 Å². The summed E-state index contributed by atoms with van der Waals surface area (Å²) in [5.41, 5.74) is 0.0915. The third-order valence-electron chi connectivity index (χ3n) is 3.63. The highest BCUT2D eigenvalue weighted by molar-refractivity contribution is 5.85. The molecular formula is C15H18N2O3. The predicted molar refractivity (Wildman–Crippen MR) is 72.9 cm³/mol. The van der Waals surface area contributed by atoms with Gasteiger partial charge >= 0.3 is 0 Å². The lowest BCUT2D eigenvalue weighted by molar-refractivity contribution is -0.132. The van der Waals surface area contributed by atoms with Crippen LogP contribution in [-0.4, -0.2) is 30.8 Å². The minimum atomic E-state index is -0.937. The van der Waals surface area contributed by atoms with Crippen LogP contribution in [0.15, 0.2) is 24.3 Å². The smallest absolute Gasteiger partial charge is 0.240 e. The number of ether oxygens (including phenoxy) is 1. The zero-order valence-corrected chi connectivity index (χ0v) is 11.3. The van der Waals surface area contributed by atoms with Crippen molar-refractivity contribution in [2.45, 2.75) is 19.3 Å². The van der Waals surface area contributed by atoms with Gasteiger partial charge < -0.3 is 15.2 Å². The molecule has 0 aliphatic carbocycles. The van der Waals surface area contributed by atoms with Gasteiger partial charge in [0.2, 0.25) is 5.91 Å². The van der Waals surface area contributed by atoms with Crippen LogP contribution in [-0.2, 0) is 16.0 Å². The molecule has 1 aromatic carbocycles. The quantitative estimate of drug-likeness (QED) is 0.868. The van der Waals surface area contributed by atoms with Crippen molar-refractivity contribution in [3.63, 3.8) is 0 Å². The van der Waals surface area contributed by atoms with E-state index in [0.717, 1.165) is 5.56 Å². The fourth-order valence-electron chi connectivity index (χ4n) is 2.26. The van der Waals surface area contributed by atoms with Crippen LogP contribution in [0.1, 0.15) is 18.4 Å². The van der Waals surface area contributed by atoms with Crippen LogP contribution < -0.4 is 5.32 Å². The highest BCUT2D eigenvalue weighted by atomic mass is 16.5. The van der Waals surface area contributed by atoms with Crippen molar-refractivity contribution in [1.29, 1.82) is 5.26 Å². The number of carbonyl (C=O) groups is 1. The van der Waals surface area contributed by atoms with Gasteiger partial charge in [-0.1, -0.05) is 12.1 Å². The normalized spacial score (nSPS) is 17.1. The molecule has 1 aliphatic heterocycles. The number of rotatable bonds is 4. The molecule has 0 atom stereocenters. The first-order chi connectivity index (χ1) is 9.66. The number of aromatic hydroxyl groups is 1. The third kappa shape index (κ3) is 3.28. The Morgan fingerprint density at radius 1 is 1.35 bits per heavy atom. The van der Waals surface area contributed by atoms with Gasteiger partial charge in [-0.15, -0.1) is 0 Å². The number of nitrogens with zero attached hydrogens (tertiary/aromatic N) is 1. The zero-order valence-electron chi connectivity index (χ0n) is 11.3. The number of carbonyl (C=O) groups excluding carboxylic acids is 1. The molecule has 5 nitrogen and oxygen atoms in total. The van der Waals surface area contributed by atoms with Gasteiger partial charge in [0.1, 0.15) is 11.2 Å². The van der Waals surface area contributed by atoms with E-state index in [-0.39, 0.29) is 11.7 Å². The molecular weight excluding hydrogens is 256 g/mol. The van der Waals surface area contributed by atoms with Crippen molar-refractivity contribution < 1.29 is 14.6 Å². The third-order valence-corrected chi connectivity index (χ3v) is 3.63. The highest BCUT2D eigenvalue weighted by Crippen LogP contribution is 2.29. The summed E-state index contributed by atoms with van der Waals surface area (Å²) in [6, 6.07) is 9.01. The Kier molecular flexibility index (Phi) is 4.59. The molecule has 0 aromatic heterocycles. The molecule has 1 fully saturated rings. The molecule has 0 radical (unpaired) electrons. The first-order valence-electron chi connectivity index (χ1n) is 6.71. The summed E-state index contributed by atoms with van der Waals surface area (Å²) in [4.78, 5) is 12.2. The summed E-state index contributed by atoms with van der Waals surface area (Å²) in [7, 11) is 0. The summed E-state index contributed by atoms with van der Waals surface area (Å²) in [6.45, 7) is 1.39. The molecule has 20 heavy (non-hydrogen) atoms. The van der Waals surface area contributed by atoms with Crippen molar-refractivity contribution in [1.82, 2.24) is 5.32 Å². The number of hydrogen-bond acceptors (Lipinski definition) is 4. The number of nitrogens with one attached hydrogen (secondary N) is 1. The van der Waals surface area contributed by atoms with Crippen molar-refractivity contribution in [3.8, 4) is 11.8 Å². The number of hydrogen-bond donors (Lipinski definition) is 2. The van der Waals surface area contributed by atoms with Gasteiger partial charge in [0.25, 0.3) is 0 Å². The molecule has 0 unspecified atom stereocenters. The first-order valence-corrected chi connectivity index (χ1v) is 6.71. The molecule has 2 rings (SSSR count). The lowest BCUT2D eigenvalue weighted by Gasteiger charge is -2.29. The molecule has 0 spiro atoms. The first kappa shape index (κ1) is 14.4. The van der Waals surface area contributed by atoms with Gasteiger partial charge in [0.15, 0.2) is 0 Å². The zero-order chi connectivity index (χ0) is 14.4. The fourth-order valence-corrected chi connectivity index (χ4v) is 2.26. The van der Waals surface area contributed by atoms with Gasteiger partial charge in [-0.05, 0) is 37.0 Å². The van der Waals surface area contributed by atoms with E-state index in [1.807, 2.05) is 12.1 Å². The Morgan fingerprint density at radius 3 is 2.60 bits per heavy atom. The monoisotopic (exact) mass is 274 g/mol. The summed E-state index contributed by atoms with van der Waals surface area (Å²) in [6.07, 6.45) is 1.58. The minimum Gasteiger partial charge on any atom is -0.508 e. The maximum absolute atomic E-state index is 12.2. The Bertz CT molecular complexity index is 499. The number of phenolic OH excluding ortho intramolecular Hbond substituents is 1. The largest absolute Gasteiger partial charge is 0.508 e.